The average molecular weight is 408 g/mol. The molecule has 3 heterocycles. The summed E-state index contributed by atoms with van der Waals surface area (Å²) in [6, 6.07) is 9.88. The Hall–Kier alpha value is -2.93. The first-order valence-corrected chi connectivity index (χ1v) is 10.6. The van der Waals surface area contributed by atoms with Crippen molar-refractivity contribution in [2.24, 2.45) is 5.92 Å². The molecule has 7 heteroatoms. The molecular weight excluding hydrogens is 378 g/mol. The molecule has 0 bridgehead atoms. The number of amides is 1. The van der Waals surface area contributed by atoms with Crippen LogP contribution in [0.5, 0.6) is 5.88 Å². The molecule has 4 rings (SSSR count). The molecule has 158 valence electrons. The highest BCUT2D eigenvalue weighted by Crippen LogP contribution is 2.31. The lowest BCUT2D eigenvalue weighted by Crippen LogP contribution is -2.52. The van der Waals surface area contributed by atoms with E-state index in [1.165, 1.54) is 0 Å². The van der Waals surface area contributed by atoms with Crippen molar-refractivity contribution in [3.05, 3.63) is 42.4 Å². The minimum atomic E-state index is -0.128. The number of ether oxygens (including phenoxy) is 1. The van der Waals surface area contributed by atoms with Gasteiger partial charge in [-0.25, -0.2) is 9.97 Å². The highest BCUT2D eigenvalue weighted by atomic mass is 16.5. The zero-order valence-electron chi connectivity index (χ0n) is 17.8. The third kappa shape index (κ3) is 4.16. The first-order valence-electron chi connectivity index (χ1n) is 10.6. The number of hydrogen-bond donors (Lipinski definition) is 2. The summed E-state index contributed by atoms with van der Waals surface area (Å²) in [6.07, 6.45) is 4.73. The van der Waals surface area contributed by atoms with Gasteiger partial charge in [-0.05, 0) is 25.6 Å². The highest BCUT2D eigenvalue weighted by molar-refractivity contribution is 5.85. The maximum atomic E-state index is 12.6. The summed E-state index contributed by atoms with van der Waals surface area (Å²) >= 11 is 0. The van der Waals surface area contributed by atoms with Gasteiger partial charge in [0.25, 0.3) is 0 Å². The molecule has 2 aromatic heterocycles. The number of nitrogens with one attached hydrogen (secondary N) is 2. The van der Waals surface area contributed by atoms with Crippen LogP contribution in [0.3, 0.4) is 0 Å². The molecule has 3 aromatic rings. The second-order valence-corrected chi connectivity index (χ2v) is 8.04. The molecule has 1 aliphatic rings. The Morgan fingerprint density at radius 3 is 2.90 bits per heavy atom. The second kappa shape index (κ2) is 8.83. The van der Waals surface area contributed by atoms with Gasteiger partial charge in [0.15, 0.2) is 0 Å². The maximum absolute atomic E-state index is 12.6. The van der Waals surface area contributed by atoms with Gasteiger partial charge in [0.2, 0.25) is 11.8 Å². The van der Waals surface area contributed by atoms with Crippen molar-refractivity contribution in [1.29, 1.82) is 0 Å². The number of carbonyl (C=O) groups excluding carboxylic acids is 1. The lowest BCUT2D eigenvalue weighted by Gasteiger charge is -2.35. The molecule has 1 atom stereocenters. The Bertz CT molecular complexity index is 1030. The van der Waals surface area contributed by atoms with Gasteiger partial charge in [0, 0.05) is 18.5 Å². The van der Waals surface area contributed by atoms with Crippen LogP contribution in [0.15, 0.2) is 36.5 Å². The number of H-pyrrole nitrogens is 1. The van der Waals surface area contributed by atoms with Crippen molar-refractivity contribution in [2.45, 2.75) is 32.2 Å². The van der Waals surface area contributed by atoms with Gasteiger partial charge in [0.05, 0.1) is 42.0 Å². The number of unbranched alkanes of at least 4 members (excludes halogenated alkanes) is 1. The molecule has 0 spiro atoms. The zero-order valence-corrected chi connectivity index (χ0v) is 17.8. The van der Waals surface area contributed by atoms with E-state index in [0.29, 0.717) is 5.88 Å². The van der Waals surface area contributed by atoms with Crippen molar-refractivity contribution in [3.63, 3.8) is 0 Å². The van der Waals surface area contributed by atoms with Gasteiger partial charge in [-0.3, -0.25) is 4.79 Å². The third-order valence-corrected chi connectivity index (χ3v) is 5.70. The van der Waals surface area contributed by atoms with Gasteiger partial charge in [-0.1, -0.05) is 38.0 Å². The molecule has 0 saturated carbocycles. The number of imidazole rings is 1. The van der Waals surface area contributed by atoms with Gasteiger partial charge in [-0.15, -0.1) is 0 Å². The predicted molar refractivity (Wildman–Crippen MR) is 117 cm³/mol. The molecular formula is C23H29N5O2. The number of para-hydroxylation sites is 1. The number of methoxy groups -OCH3 is 1. The summed E-state index contributed by atoms with van der Waals surface area (Å²) in [5, 5.41) is 4.24. The van der Waals surface area contributed by atoms with E-state index in [2.05, 4.69) is 38.2 Å². The summed E-state index contributed by atoms with van der Waals surface area (Å²) in [5.41, 5.74) is 2.58. The molecule has 1 saturated heterocycles. The monoisotopic (exact) mass is 407 g/mol. The van der Waals surface area contributed by atoms with Crippen LogP contribution >= 0.6 is 0 Å². The van der Waals surface area contributed by atoms with Gasteiger partial charge < -0.3 is 19.9 Å². The summed E-state index contributed by atoms with van der Waals surface area (Å²) in [7, 11) is 3.65. The number of likely N-dealkylation sites (tertiary alicyclic amines) is 1. The lowest BCUT2D eigenvalue weighted by molar-refractivity contribution is -0.130. The largest absolute Gasteiger partial charge is 0.480 e. The topological polar surface area (TPSA) is 83.1 Å². The maximum Gasteiger partial charge on any atom is 0.226 e. The van der Waals surface area contributed by atoms with Crippen molar-refractivity contribution in [1.82, 2.24) is 25.2 Å². The molecule has 0 aliphatic carbocycles. The van der Waals surface area contributed by atoms with Crippen LogP contribution in [0.1, 0.15) is 38.1 Å². The quantitative estimate of drug-likeness (QED) is 0.597. The second-order valence-electron chi connectivity index (χ2n) is 8.04. The van der Waals surface area contributed by atoms with E-state index in [9.17, 15) is 4.79 Å². The Morgan fingerprint density at radius 2 is 2.17 bits per heavy atom. The minimum absolute atomic E-state index is 0.0679. The molecule has 0 unspecified atom stereocenters. The highest BCUT2D eigenvalue weighted by Gasteiger charge is 2.31. The van der Waals surface area contributed by atoms with E-state index in [1.54, 1.807) is 13.3 Å². The van der Waals surface area contributed by atoms with Crippen LogP contribution in [-0.4, -0.2) is 53.0 Å². The third-order valence-electron chi connectivity index (χ3n) is 5.70. The van der Waals surface area contributed by atoms with E-state index < -0.39 is 0 Å². The Morgan fingerprint density at radius 1 is 1.37 bits per heavy atom. The Kier molecular flexibility index (Phi) is 5.99. The van der Waals surface area contributed by atoms with E-state index in [1.807, 2.05) is 31.3 Å². The summed E-state index contributed by atoms with van der Waals surface area (Å²) in [4.78, 5) is 27.4. The molecule has 1 aromatic carbocycles. The van der Waals surface area contributed by atoms with E-state index in [0.717, 1.165) is 60.3 Å². The molecule has 1 fully saturated rings. The molecule has 1 amide bonds. The number of aromatic amines is 1. The summed E-state index contributed by atoms with van der Waals surface area (Å²) in [5.74, 6) is 1.50. The number of carbonyl (C=O) groups is 1. The van der Waals surface area contributed by atoms with Crippen LogP contribution in [0.25, 0.3) is 22.2 Å². The number of fused-ring (bicyclic) bond motifs is 1. The first kappa shape index (κ1) is 20.3. The predicted octanol–water partition coefficient (Wildman–Crippen LogP) is 3.54. The fraction of sp³-hybridized carbons (Fsp3) is 0.435. The average Bonchev–Trinajstić information content (AvgIpc) is 3.23. The molecule has 2 N–H and O–H groups in total. The van der Waals surface area contributed by atoms with Crippen LogP contribution < -0.4 is 10.1 Å². The fourth-order valence-electron chi connectivity index (χ4n) is 3.94. The summed E-state index contributed by atoms with van der Waals surface area (Å²) < 4.78 is 5.54. The van der Waals surface area contributed by atoms with Crippen LogP contribution in [0.2, 0.25) is 0 Å². The van der Waals surface area contributed by atoms with Crippen molar-refractivity contribution in [3.8, 4) is 17.1 Å². The van der Waals surface area contributed by atoms with Crippen molar-refractivity contribution >= 4 is 16.8 Å². The van der Waals surface area contributed by atoms with Gasteiger partial charge >= 0.3 is 0 Å². The Balaban J connectivity index is 1.60. The Labute approximate surface area is 176 Å². The summed E-state index contributed by atoms with van der Waals surface area (Å²) in [6.45, 7) is 3.78. The minimum Gasteiger partial charge on any atom is -0.480 e. The number of pyridine rings is 1. The fourth-order valence-corrected chi connectivity index (χ4v) is 3.94. The zero-order chi connectivity index (χ0) is 21.1. The van der Waals surface area contributed by atoms with Crippen molar-refractivity contribution < 1.29 is 9.53 Å². The van der Waals surface area contributed by atoms with Gasteiger partial charge in [0.1, 0.15) is 5.82 Å². The number of nitrogens with zero attached hydrogens (tertiary/aromatic N) is 3. The molecule has 1 aliphatic heterocycles. The number of rotatable bonds is 8. The van der Waals surface area contributed by atoms with E-state index in [4.69, 9.17) is 4.74 Å². The number of aromatic nitrogens is 3. The smallest absolute Gasteiger partial charge is 0.226 e. The van der Waals surface area contributed by atoms with Gasteiger partial charge in [-0.2, -0.15) is 0 Å². The normalized spacial score (nSPS) is 15.7. The van der Waals surface area contributed by atoms with E-state index in [-0.39, 0.29) is 17.9 Å². The molecule has 30 heavy (non-hydrogen) atoms. The van der Waals surface area contributed by atoms with Crippen LogP contribution in [0.4, 0.5) is 0 Å². The lowest BCUT2D eigenvalue weighted by atomic mass is 9.99. The molecule has 0 radical (unpaired) electrons. The van der Waals surface area contributed by atoms with Crippen LogP contribution in [0, 0.1) is 5.92 Å². The number of hydrogen-bond acceptors (Lipinski definition) is 5. The SMILES string of the molecule is CCCC[C@H](NC(=O)C1CN(C)C1)c1ncc(-c2cc3ccccc3nc2OC)[nH]1. The van der Waals surface area contributed by atoms with E-state index >= 15 is 0 Å². The van der Waals surface area contributed by atoms with Crippen molar-refractivity contribution in [2.75, 3.05) is 27.2 Å². The first-order chi connectivity index (χ1) is 14.6. The molecule has 7 nitrogen and oxygen atoms in total. The standard InChI is InChI=1S/C23H29N5O2/c1-4-5-9-19(26-22(29)16-13-28(2)14-16)21-24-12-20(25-21)17-11-15-8-6-7-10-18(15)27-23(17)30-3/h6-8,10-12,16,19H,4-5,9,13-14H2,1-3H3,(H,24,25)(H,26,29)/t19-/m0/s1. The number of benzene rings is 1. The van der Waals surface area contributed by atoms with Crippen LogP contribution in [-0.2, 0) is 4.79 Å².